The van der Waals surface area contributed by atoms with E-state index in [0.29, 0.717) is 18.3 Å². The minimum absolute atomic E-state index is 0.248. The van der Waals surface area contributed by atoms with Gasteiger partial charge in [-0.25, -0.2) is 4.79 Å². The van der Waals surface area contributed by atoms with E-state index in [2.05, 4.69) is 25.9 Å². The van der Waals surface area contributed by atoms with Crippen LogP contribution >= 0.6 is 0 Å². The Morgan fingerprint density at radius 2 is 2.00 bits per heavy atom. The minimum atomic E-state index is -0.516. The van der Waals surface area contributed by atoms with Gasteiger partial charge in [0.2, 0.25) is 5.89 Å². The number of carbonyl (C=O) groups excluding carboxylic acids is 1. The van der Waals surface area contributed by atoms with E-state index in [1.807, 2.05) is 13.8 Å². The predicted octanol–water partition coefficient (Wildman–Crippen LogP) is 2.37. The summed E-state index contributed by atoms with van der Waals surface area (Å²) >= 11 is 0. The molecule has 0 aromatic carbocycles. The molecule has 0 aliphatic heterocycles. The number of aromatic nitrogens is 3. The van der Waals surface area contributed by atoms with Crippen molar-refractivity contribution in [3.05, 3.63) is 28.7 Å². The van der Waals surface area contributed by atoms with Crippen molar-refractivity contribution in [1.29, 1.82) is 0 Å². The predicted molar refractivity (Wildman–Crippen MR) is 85.2 cm³/mol. The van der Waals surface area contributed by atoms with Crippen LogP contribution in [-0.2, 0) is 24.9 Å². The molecule has 8 nitrogen and oxygen atoms in total. The second kappa shape index (κ2) is 6.62. The summed E-state index contributed by atoms with van der Waals surface area (Å²) in [5.74, 6) is 1.87. The monoisotopic (exact) mass is 333 g/mol. The van der Waals surface area contributed by atoms with E-state index in [0.717, 1.165) is 49.1 Å². The molecule has 2 amide bonds. The van der Waals surface area contributed by atoms with E-state index >= 15 is 0 Å². The molecule has 1 saturated carbocycles. The zero-order valence-corrected chi connectivity index (χ0v) is 14.3. The average molecular weight is 333 g/mol. The van der Waals surface area contributed by atoms with Crippen LogP contribution in [-0.4, -0.2) is 21.3 Å². The van der Waals surface area contributed by atoms with Gasteiger partial charge in [0.05, 0.1) is 5.69 Å². The number of amides is 2. The molecule has 1 aliphatic carbocycles. The summed E-state index contributed by atoms with van der Waals surface area (Å²) in [7, 11) is 0. The Morgan fingerprint density at radius 1 is 1.21 bits per heavy atom. The molecular formula is C16H23N5O3. The fourth-order valence-corrected chi connectivity index (χ4v) is 3.00. The maximum atomic E-state index is 12.4. The molecule has 2 aromatic heterocycles. The first-order valence-electron chi connectivity index (χ1n) is 8.41. The molecule has 0 unspecified atom stereocenters. The van der Waals surface area contributed by atoms with Crippen LogP contribution in [0.25, 0.3) is 0 Å². The second-order valence-electron chi connectivity index (χ2n) is 6.12. The molecule has 0 radical (unpaired) electrons. The maximum absolute atomic E-state index is 12.4. The van der Waals surface area contributed by atoms with E-state index in [1.54, 1.807) is 6.92 Å². The normalized spacial score (nSPS) is 15.8. The molecule has 2 heterocycles. The van der Waals surface area contributed by atoms with Crippen molar-refractivity contribution in [3.63, 3.8) is 0 Å². The zero-order chi connectivity index (χ0) is 17.2. The molecule has 1 aliphatic rings. The van der Waals surface area contributed by atoms with Crippen LogP contribution in [0.2, 0.25) is 0 Å². The molecular weight excluding hydrogens is 310 g/mol. The van der Waals surface area contributed by atoms with Crippen molar-refractivity contribution in [2.24, 2.45) is 0 Å². The smallest absolute Gasteiger partial charge is 0.315 e. The summed E-state index contributed by atoms with van der Waals surface area (Å²) in [5, 5.41) is 13.9. The third-order valence-corrected chi connectivity index (χ3v) is 4.55. The number of hydrogen-bond donors (Lipinski definition) is 2. The highest BCUT2D eigenvalue weighted by atomic mass is 16.5. The Kier molecular flexibility index (Phi) is 4.55. The summed E-state index contributed by atoms with van der Waals surface area (Å²) in [6.07, 6.45) is 4.17. The Bertz CT molecular complexity index is 696. The van der Waals surface area contributed by atoms with Crippen LogP contribution in [0.3, 0.4) is 0 Å². The number of urea groups is 1. The third kappa shape index (κ3) is 3.00. The summed E-state index contributed by atoms with van der Waals surface area (Å²) in [5.41, 5.74) is 1.34. The standard InChI is InChI=1S/C16H23N5O3/c1-4-12-11(13(5-2)24-20-12)9-17-15(22)19-16(7-6-8-16)14-18-10(3)23-21-14/h4-9H2,1-3H3,(H2,17,19,22). The molecule has 24 heavy (non-hydrogen) atoms. The molecule has 0 saturated heterocycles. The zero-order valence-electron chi connectivity index (χ0n) is 14.3. The summed E-state index contributed by atoms with van der Waals surface area (Å²) in [6.45, 7) is 6.16. The number of aryl methyl sites for hydroxylation is 3. The van der Waals surface area contributed by atoms with Gasteiger partial charge in [0, 0.05) is 25.5 Å². The average Bonchev–Trinajstić information content (AvgIpc) is 3.14. The maximum Gasteiger partial charge on any atom is 0.315 e. The van der Waals surface area contributed by atoms with E-state index in [-0.39, 0.29) is 6.03 Å². The fraction of sp³-hybridized carbons (Fsp3) is 0.625. The molecule has 8 heteroatoms. The summed E-state index contributed by atoms with van der Waals surface area (Å²) in [6, 6.07) is -0.248. The third-order valence-electron chi connectivity index (χ3n) is 4.55. The Balaban J connectivity index is 1.64. The van der Waals surface area contributed by atoms with E-state index in [4.69, 9.17) is 9.05 Å². The van der Waals surface area contributed by atoms with Crippen LogP contribution in [0.4, 0.5) is 4.79 Å². The Hall–Kier alpha value is -2.38. The van der Waals surface area contributed by atoms with Crippen LogP contribution < -0.4 is 10.6 Å². The van der Waals surface area contributed by atoms with Crippen LogP contribution in [0, 0.1) is 6.92 Å². The van der Waals surface area contributed by atoms with Crippen molar-refractivity contribution in [1.82, 2.24) is 25.9 Å². The molecule has 0 spiro atoms. The molecule has 3 rings (SSSR count). The van der Waals surface area contributed by atoms with Gasteiger partial charge in [-0.2, -0.15) is 4.98 Å². The van der Waals surface area contributed by atoms with Crippen LogP contribution in [0.5, 0.6) is 0 Å². The molecule has 130 valence electrons. The van der Waals surface area contributed by atoms with Crippen molar-refractivity contribution in [2.75, 3.05) is 0 Å². The first kappa shape index (κ1) is 16.5. The number of nitrogens with zero attached hydrogens (tertiary/aromatic N) is 3. The first-order chi connectivity index (χ1) is 11.6. The van der Waals surface area contributed by atoms with Gasteiger partial charge in [-0.3, -0.25) is 0 Å². The van der Waals surface area contributed by atoms with Gasteiger partial charge in [-0.15, -0.1) is 0 Å². The van der Waals surface area contributed by atoms with Crippen molar-refractivity contribution in [3.8, 4) is 0 Å². The second-order valence-corrected chi connectivity index (χ2v) is 6.12. The Morgan fingerprint density at radius 3 is 2.54 bits per heavy atom. The lowest BCUT2D eigenvalue weighted by Crippen LogP contribution is -2.54. The number of rotatable bonds is 6. The largest absolute Gasteiger partial charge is 0.361 e. The molecule has 2 aromatic rings. The van der Waals surface area contributed by atoms with Gasteiger partial charge in [-0.1, -0.05) is 24.2 Å². The van der Waals surface area contributed by atoms with E-state index in [1.165, 1.54) is 0 Å². The van der Waals surface area contributed by atoms with Gasteiger partial charge in [0.15, 0.2) is 5.82 Å². The van der Waals surface area contributed by atoms with Crippen molar-refractivity contribution < 1.29 is 13.8 Å². The number of nitrogens with one attached hydrogen (secondary N) is 2. The molecule has 0 bridgehead atoms. The SMILES string of the molecule is CCc1noc(CC)c1CNC(=O)NC1(c2noc(C)n2)CCC1. The topological polar surface area (TPSA) is 106 Å². The molecule has 1 fully saturated rings. The fourth-order valence-electron chi connectivity index (χ4n) is 3.00. The number of hydrogen-bond acceptors (Lipinski definition) is 6. The first-order valence-corrected chi connectivity index (χ1v) is 8.41. The van der Waals surface area contributed by atoms with Crippen LogP contribution in [0.15, 0.2) is 9.05 Å². The lowest BCUT2D eigenvalue weighted by atomic mass is 9.76. The van der Waals surface area contributed by atoms with Gasteiger partial charge in [0.25, 0.3) is 0 Å². The summed E-state index contributed by atoms with van der Waals surface area (Å²) < 4.78 is 10.4. The van der Waals surface area contributed by atoms with Gasteiger partial charge < -0.3 is 19.7 Å². The van der Waals surface area contributed by atoms with Crippen LogP contribution in [0.1, 0.15) is 61.8 Å². The Labute approximate surface area is 140 Å². The minimum Gasteiger partial charge on any atom is -0.361 e. The van der Waals surface area contributed by atoms with Crippen molar-refractivity contribution in [2.45, 2.75) is 65.0 Å². The quantitative estimate of drug-likeness (QED) is 0.840. The highest BCUT2D eigenvalue weighted by Crippen LogP contribution is 2.39. The molecule has 2 N–H and O–H groups in total. The highest BCUT2D eigenvalue weighted by molar-refractivity contribution is 5.75. The highest BCUT2D eigenvalue weighted by Gasteiger charge is 2.44. The van der Waals surface area contributed by atoms with Gasteiger partial charge in [-0.05, 0) is 25.7 Å². The lowest BCUT2D eigenvalue weighted by molar-refractivity contribution is 0.165. The van der Waals surface area contributed by atoms with E-state index in [9.17, 15) is 4.79 Å². The van der Waals surface area contributed by atoms with E-state index < -0.39 is 5.54 Å². The van der Waals surface area contributed by atoms with Crippen molar-refractivity contribution >= 4 is 6.03 Å². The number of carbonyl (C=O) groups is 1. The molecule has 0 atom stereocenters. The summed E-state index contributed by atoms with van der Waals surface area (Å²) in [4.78, 5) is 16.6. The van der Waals surface area contributed by atoms with Gasteiger partial charge >= 0.3 is 6.03 Å². The van der Waals surface area contributed by atoms with Gasteiger partial charge in [0.1, 0.15) is 11.3 Å². The lowest BCUT2D eigenvalue weighted by Gasteiger charge is -2.39.